The second-order valence-electron chi connectivity index (χ2n) is 5.97. The minimum atomic E-state index is -3.41. The molecular weight excluding hydrogens is 286 g/mol. The molecule has 21 heavy (non-hydrogen) atoms. The van der Waals surface area contributed by atoms with Gasteiger partial charge >= 0.3 is 0 Å². The van der Waals surface area contributed by atoms with E-state index in [0.29, 0.717) is 11.4 Å². The van der Waals surface area contributed by atoms with Gasteiger partial charge in [0, 0.05) is 31.5 Å². The molecule has 1 aromatic rings. The van der Waals surface area contributed by atoms with Crippen LogP contribution in [0, 0.1) is 0 Å². The van der Waals surface area contributed by atoms with Crippen molar-refractivity contribution in [3.05, 3.63) is 18.0 Å². The predicted octanol–water partition coefficient (Wildman–Crippen LogP) is 2.14. The zero-order chi connectivity index (χ0) is 15.3. The van der Waals surface area contributed by atoms with Gasteiger partial charge in [-0.1, -0.05) is 32.1 Å². The van der Waals surface area contributed by atoms with E-state index in [9.17, 15) is 8.42 Å². The van der Waals surface area contributed by atoms with Crippen molar-refractivity contribution in [3.63, 3.8) is 0 Å². The van der Waals surface area contributed by atoms with Crippen LogP contribution in [0.2, 0.25) is 0 Å². The SMILES string of the molecule is CNCc1cc(S(=O)(=O)NC2CCCCCCC2)cn1C. The van der Waals surface area contributed by atoms with Crippen LogP contribution in [-0.2, 0) is 23.6 Å². The van der Waals surface area contributed by atoms with Crippen LogP contribution < -0.4 is 10.0 Å². The summed E-state index contributed by atoms with van der Waals surface area (Å²) in [6, 6.07) is 1.84. The summed E-state index contributed by atoms with van der Waals surface area (Å²) in [5.74, 6) is 0. The Labute approximate surface area is 128 Å². The zero-order valence-corrected chi connectivity index (χ0v) is 13.9. The molecule has 0 atom stereocenters. The molecule has 5 nitrogen and oxygen atoms in total. The minimum absolute atomic E-state index is 0.0863. The first-order chi connectivity index (χ1) is 10.0. The molecule has 120 valence electrons. The van der Waals surface area contributed by atoms with Crippen molar-refractivity contribution >= 4 is 10.0 Å². The lowest BCUT2D eigenvalue weighted by molar-refractivity contribution is 0.426. The predicted molar refractivity (Wildman–Crippen MR) is 84.6 cm³/mol. The molecule has 0 radical (unpaired) electrons. The molecule has 2 N–H and O–H groups in total. The molecule has 6 heteroatoms. The standard InChI is InChI=1S/C15H27N3O2S/c1-16-11-14-10-15(12-18(14)2)21(19,20)17-13-8-6-4-3-5-7-9-13/h10,12-13,16-17H,3-9,11H2,1-2H3. The third-order valence-electron chi connectivity index (χ3n) is 4.18. The summed E-state index contributed by atoms with van der Waals surface area (Å²) in [5.41, 5.74) is 0.968. The van der Waals surface area contributed by atoms with Crippen molar-refractivity contribution in [2.24, 2.45) is 7.05 Å². The number of nitrogens with one attached hydrogen (secondary N) is 2. The van der Waals surface area contributed by atoms with Gasteiger partial charge in [-0.2, -0.15) is 0 Å². The van der Waals surface area contributed by atoms with Gasteiger partial charge in [-0.15, -0.1) is 0 Å². The largest absolute Gasteiger partial charge is 0.352 e. The lowest BCUT2D eigenvalue weighted by Crippen LogP contribution is -2.35. The van der Waals surface area contributed by atoms with E-state index < -0.39 is 10.0 Å². The molecule has 0 saturated heterocycles. The van der Waals surface area contributed by atoms with E-state index >= 15 is 0 Å². The average Bonchev–Trinajstić information content (AvgIpc) is 2.76. The molecule has 0 aromatic carbocycles. The van der Waals surface area contributed by atoms with Gasteiger partial charge in [0.1, 0.15) is 0 Å². The van der Waals surface area contributed by atoms with Gasteiger partial charge in [0.25, 0.3) is 0 Å². The van der Waals surface area contributed by atoms with E-state index in [1.54, 1.807) is 12.3 Å². The number of nitrogens with zero attached hydrogens (tertiary/aromatic N) is 1. The maximum absolute atomic E-state index is 12.5. The molecular formula is C15H27N3O2S. The summed E-state index contributed by atoms with van der Waals surface area (Å²) in [4.78, 5) is 0.373. The molecule has 0 aliphatic heterocycles. The smallest absolute Gasteiger partial charge is 0.242 e. The van der Waals surface area contributed by atoms with Crippen LogP contribution in [0.4, 0.5) is 0 Å². The van der Waals surface area contributed by atoms with Crippen molar-refractivity contribution in [1.82, 2.24) is 14.6 Å². The van der Waals surface area contributed by atoms with Crippen LogP contribution in [0.5, 0.6) is 0 Å². The highest BCUT2D eigenvalue weighted by atomic mass is 32.2. The molecule has 2 rings (SSSR count). The first-order valence-corrected chi connectivity index (χ1v) is 9.33. The summed E-state index contributed by atoms with van der Waals surface area (Å²) in [6.07, 6.45) is 9.56. The highest BCUT2D eigenvalue weighted by Crippen LogP contribution is 2.20. The highest BCUT2D eigenvalue weighted by Gasteiger charge is 2.22. The first kappa shape index (κ1) is 16.5. The zero-order valence-electron chi connectivity index (χ0n) is 13.1. The van der Waals surface area contributed by atoms with Gasteiger partial charge in [0.15, 0.2) is 0 Å². The van der Waals surface area contributed by atoms with Crippen LogP contribution in [0.15, 0.2) is 17.2 Å². The Morgan fingerprint density at radius 1 is 1.19 bits per heavy atom. The molecule has 1 heterocycles. The van der Waals surface area contributed by atoms with Crippen LogP contribution >= 0.6 is 0 Å². The van der Waals surface area contributed by atoms with E-state index in [1.165, 1.54) is 19.3 Å². The van der Waals surface area contributed by atoms with Gasteiger partial charge < -0.3 is 9.88 Å². The first-order valence-electron chi connectivity index (χ1n) is 7.85. The number of aryl methyl sites for hydroxylation is 1. The molecule has 0 spiro atoms. The number of rotatable bonds is 5. The number of hydrogen-bond acceptors (Lipinski definition) is 3. The number of aromatic nitrogens is 1. The van der Waals surface area contributed by atoms with Crippen LogP contribution in [0.1, 0.15) is 50.6 Å². The summed E-state index contributed by atoms with van der Waals surface area (Å²) >= 11 is 0. The molecule has 0 unspecified atom stereocenters. The van der Waals surface area contributed by atoms with Crippen LogP contribution in [-0.4, -0.2) is 26.1 Å². The summed E-state index contributed by atoms with van der Waals surface area (Å²) in [6.45, 7) is 0.662. The van der Waals surface area contributed by atoms with Crippen LogP contribution in [0.25, 0.3) is 0 Å². The molecule has 1 fully saturated rings. The van der Waals surface area contributed by atoms with Gasteiger partial charge in [0.2, 0.25) is 10.0 Å². The van der Waals surface area contributed by atoms with E-state index in [1.807, 2.05) is 18.7 Å². The van der Waals surface area contributed by atoms with E-state index in [2.05, 4.69) is 10.0 Å². The Morgan fingerprint density at radius 2 is 1.81 bits per heavy atom. The fourth-order valence-electron chi connectivity index (χ4n) is 2.94. The summed E-state index contributed by atoms with van der Waals surface area (Å²) in [5, 5.41) is 3.05. The lowest BCUT2D eigenvalue weighted by atomic mass is 9.97. The minimum Gasteiger partial charge on any atom is -0.352 e. The molecule has 1 saturated carbocycles. The fraction of sp³-hybridized carbons (Fsp3) is 0.733. The quantitative estimate of drug-likeness (QED) is 0.875. The Balaban J connectivity index is 2.07. The van der Waals surface area contributed by atoms with E-state index in [0.717, 1.165) is 31.4 Å². The van der Waals surface area contributed by atoms with Crippen molar-refractivity contribution in [3.8, 4) is 0 Å². The molecule has 1 aliphatic rings. The Kier molecular flexibility index (Phi) is 5.84. The van der Waals surface area contributed by atoms with Crippen molar-refractivity contribution in [2.45, 2.75) is 62.4 Å². The van der Waals surface area contributed by atoms with Crippen molar-refractivity contribution in [2.75, 3.05) is 7.05 Å². The van der Waals surface area contributed by atoms with E-state index in [-0.39, 0.29) is 6.04 Å². The maximum atomic E-state index is 12.5. The second-order valence-corrected chi connectivity index (χ2v) is 7.69. The Morgan fingerprint density at radius 3 is 2.43 bits per heavy atom. The molecule has 1 aromatic heterocycles. The number of sulfonamides is 1. The van der Waals surface area contributed by atoms with Gasteiger partial charge in [-0.25, -0.2) is 13.1 Å². The van der Waals surface area contributed by atoms with Crippen molar-refractivity contribution < 1.29 is 8.42 Å². The van der Waals surface area contributed by atoms with E-state index in [4.69, 9.17) is 0 Å². The number of hydrogen-bond donors (Lipinski definition) is 2. The second kappa shape index (κ2) is 7.42. The molecule has 0 bridgehead atoms. The monoisotopic (exact) mass is 313 g/mol. The fourth-order valence-corrected chi connectivity index (χ4v) is 4.34. The third kappa shape index (κ3) is 4.56. The molecule has 0 amide bonds. The highest BCUT2D eigenvalue weighted by molar-refractivity contribution is 7.89. The Bertz CT molecular complexity index is 543. The van der Waals surface area contributed by atoms with Gasteiger partial charge in [0.05, 0.1) is 4.90 Å². The lowest BCUT2D eigenvalue weighted by Gasteiger charge is -2.20. The average molecular weight is 313 g/mol. The van der Waals surface area contributed by atoms with Gasteiger partial charge in [-0.3, -0.25) is 0 Å². The summed E-state index contributed by atoms with van der Waals surface area (Å²) < 4.78 is 29.8. The maximum Gasteiger partial charge on any atom is 0.242 e. The van der Waals surface area contributed by atoms with Gasteiger partial charge in [-0.05, 0) is 26.0 Å². The normalized spacial score (nSPS) is 18.4. The Hall–Kier alpha value is -0.850. The van der Waals surface area contributed by atoms with Crippen LogP contribution in [0.3, 0.4) is 0 Å². The molecule has 1 aliphatic carbocycles. The topological polar surface area (TPSA) is 63.1 Å². The third-order valence-corrected chi connectivity index (χ3v) is 5.67. The summed E-state index contributed by atoms with van der Waals surface area (Å²) in [7, 11) is 0.325. The van der Waals surface area contributed by atoms with Crippen molar-refractivity contribution in [1.29, 1.82) is 0 Å².